The van der Waals surface area contributed by atoms with Crippen molar-refractivity contribution in [3.05, 3.63) is 72.6 Å². The van der Waals surface area contributed by atoms with Crippen LogP contribution < -0.4 is 9.62 Å². The van der Waals surface area contributed by atoms with Crippen LogP contribution in [-0.4, -0.2) is 80.9 Å². The van der Waals surface area contributed by atoms with E-state index in [1.54, 1.807) is 23.3 Å². The fourth-order valence-electron chi connectivity index (χ4n) is 4.32. The number of aryl methyl sites for hydroxylation is 1. The van der Waals surface area contributed by atoms with Crippen molar-refractivity contribution in [2.45, 2.75) is 36.6 Å². The van der Waals surface area contributed by atoms with Crippen molar-refractivity contribution >= 4 is 27.5 Å². The smallest absolute Gasteiger partial charge is 0.475 e. The second-order valence-electron chi connectivity index (χ2n) is 9.51. The number of aliphatic carboxylic acids is 1. The number of anilines is 1. The summed E-state index contributed by atoms with van der Waals surface area (Å²) in [6.45, 7) is 2.68. The Bertz CT molecular complexity index is 1590. The summed E-state index contributed by atoms with van der Waals surface area (Å²) in [5.41, 5.74) is 2.24. The highest BCUT2D eigenvalue weighted by Crippen LogP contribution is 2.24. The van der Waals surface area contributed by atoms with Crippen LogP contribution in [0.5, 0.6) is 0 Å². The number of fused-ring (bicyclic) bond motifs is 1. The fourth-order valence-corrected chi connectivity index (χ4v) is 5.38. The molecule has 1 aliphatic rings. The third-order valence-corrected chi connectivity index (χ3v) is 7.83. The SMILES string of the molecule is CN(Cc1ccccc1)C1CCN(c2ccn3ncc(S(=O)(=O)NCc4cn(C)cn4)c3n2)C1.O=C(O)C(F)(F)F. The normalized spacial score (nSPS) is 15.8. The van der Waals surface area contributed by atoms with Crippen molar-refractivity contribution in [2.24, 2.45) is 7.05 Å². The number of benzene rings is 1. The summed E-state index contributed by atoms with van der Waals surface area (Å²) in [6.07, 6.45) is 2.44. The van der Waals surface area contributed by atoms with Gasteiger partial charge in [-0.25, -0.2) is 32.4 Å². The lowest BCUT2D eigenvalue weighted by molar-refractivity contribution is -0.192. The quantitative estimate of drug-likeness (QED) is 0.315. The number of sulfonamides is 1. The summed E-state index contributed by atoms with van der Waals surface area (Å²) in [4.78, 5) is 22.4. The molecule has 1 unspecified atom stereocenters. The highest BCUT2D eigenvalue weighted by molar-refractivity contribution is 7.89. The molecule has 0 saturated carbocycles. The van der Waals surface area contributed by atoms with Gasteiger partial charge >= 0.3 is 12.1 Å². The molecule has 3 aromatic heterocycles. The van der Waals surface area contributed by atoms with Gasteiger partial charge < -0.3 is 14.6 Å². The fraction of sp³-hybridized carbons (Fsp3) is 0.360. The third kappa shape index (κ3) is 7.59. The van der Waals surface area contributed by atoms with E-state index >= 15 is 0 Å². The van der Waals surface area contributed by atoms with E-state index in [1.165, 1.54) is 16.3 Å². The number of carboxylic acids is 1. The number of rotatable bonds is 8. The Kier molecular flexibility index (Phi) is 8.94. The first-order chi connectivity index (χ1) is 19.3. The summed E-state index contributed by atoms with van der Waals surface area (Å²) >= 11 is 0. The molecule has 1 fully saturated rings. The third-order valence-electron chi connectivity index (χ3n) is 6.44. The molecule has 1 atom stereocenters. The average Bonchev–Trinajstić information content (AvgIpc) is 3.67. The minimum atomic E-state index is -5.08. The highest BCUT2D eigenvalue weighted by Gasteiger charge is 2.38. The van der Waals surface area contributed by atoms with Crippen LogP contribution in [0.4, 0.5) is 19.0 Å². The number of nitrogens with zero attached hydrogens (tertiary/aromatic N) is 7. The average molecular weight is 595 g/mol. The van der Waals surface area contributed by atoms with E-state index in [9.17, 15) is 21.6 Å². The largest absolute Gasteiger partial charge is 0.490 e. The van der Waals surface area contributed by atoms with Crippen LogP contribution in [0.15, 0.2) is 66.2 Å². The van der Waals surface area contributed by atoms with Gasteiger partial charge in [0.05, 0.1) is 24.8 Å². The van der Waals surface area contributed by atoms with Crippen molar-refractivity contribution in [3.63, 3.8) is 0 Å². The van der Waals surface area contributed by atoms with Gasteiger partial charge in [0.1, 0.15) is 10.7 Å². The number of aromatic nitrogens is 5. The zero-order chi connectivity index (χ0) is 29.8. The van der Waals surface area contributed by atoms with Gasteiger partial charge in [-0.3, -0.25) is 4.90 Å². The second-order valence-corrected chi connectivity index (χ2v) is 11.2. The Labute approximate surface area is 234 Å². The molecule has 16 heteroatoms. The summed E-state index contributed by atoms with van der Waals surface area (Å²) in [5.74, 6) is -2.00. The number of imidazole rings is 1. The molecular formula is C25H29F3N8O4S. The molecule has 4 heterocycles. The Morgan fingerprint density at radius 1 is 1.22 bits per heavy atom. The number of halogens is 3. The van der Waals surface area contributed by atoms with E-state index < -0.39 is 22.2 Å². The summed E-state index contributed by atoms with van der Waals surface area (Å²) < 4.78 is 63.6. The van der Waals surface area contributed by atoms with Gasteiger partial charge in [-0.15, -0.1) is 0 Å². The first-order valence-corrected chi connectivity index (χ1v) is 13.9. The van der Waals surface area contributed by atoms with E-state index in [-0.39, 0.29) is 11.4 Å². The van der Waals surface area contributed by atoms with E-state index in [2.05, 4.69) is 60.9 Å². The molecule has 1 saturated heterocycles. The minimum Gasteiger partial charge on any atom is -0.475 e. The number of alkyl halides is 3. The van der Waals surface area contributed by atoms with Crippen LogP contribution in [-0.2, 0) is 35.0 Å². The lowest BCUT2D eigenvalue weighted by Gasteiger charge is -2.25. The van der Waals surface area contributed by atoms with Crippen LogP contribution in [0.1, 0.15) is 17.7 Å². The maximum Gasteiger partial charge on any atom is 0.490 e. The van der Waals surface area contributed by atoms with Crippen LogP contribution >= 0.6 is 0 Å². The maximum absolute atomic E-state index is 13.0. The number of likely N-dealkylation sites (N-methyl/N-ethyl adjacent to an activating group) is 1. The Morgan fingerprint density at radius 3 is 2.56 bits per heavy atom. The lowest BCUT2D eigenvalue weighted by atomic mass is 10.1. The van der Waals surface area contributed by atoms with Crippen molar-refractivity contribution in [3.8, 4) is 0 Å². The molecule has 2 N–H and O–H groups in total. The number of carbonyl (C=O) groups is 1. The molecule has 0 amide bonds. The molecule has 12 nitrogen and oxygen atoms in total. The predicted molar refractivity (Wildman–Crippen MR) is 142 cm³/mol. The molecule has 5 rings (SSSR count). The van der Waals surface area contributed by atoms with Crippen LogP contribution in [0.3, 0.4) is 0 Å². The van der Waals surface area contributed by atoms with Gasteiger partial charge in [-0.1, -0.05) is 30.3 Å². The molecule has 220 valence electrons. The standard InChI is InChI=1S/C23H28N8O2S.C2HF3O2/c1-28-15-19(24-17-28)12-26-34(32,33)21-13-25-31-11-9-22(27-23(21)31)30-10-8-20(16-30)29(2)14-18-6-4-3-5-7-18;3-2(4,5)1(6)7/h3-7,9,11,13,15,17,20,26H,8,10,12,14,16H2,1-2H3;(H,6,7). The monoisotopic (exact) mass is 594 g/mol. The van der Waals surface area contributed by atoms with Crippen LogP contribution in [0.25, 0.3) is 5.65 Å². The van der Waals surface area contributed by atoms with Gasteiger partial charge in [-0.05, 0) is 25.1 Å². The zero-order valence-corrected chi connectivity index (χ0v) is 23.0. The van der Waals surface area contributed by atoms with E-state index in [0.29, 0.717) is 17.4 Å². The molecule has 1 aromatic carbocycles. The Hall–Kier alpha value is -4.02. The molecule has 0 spiro atoms. The number of nitrogens with one attached hydrogen (secondary N) is 1. The van der Waals surface area contributed by atoms with Gasteiger partial charge in [0.15, 0.2) is 5.65 Å². The second kappa shape index (κ2) is 12.2. The predicted octanol–water partition coefficient (Wildman–Crippen LogP) is 2.29. The summed E-state index contributed by atoms with van der Waals surface area (Å²) in [7, 11) is 0.179. The summed E-state index contributed by atoms with van der Waals surface area (Å²) in [5, 5.41) is 11.3. The van der Waals surface area contributed by atoms with Gasteiger partial charge in [0.2, 0.25) is 10.0 Å². The molecule has 41 heavy (non-hydrogen) atoms. The van der Waals surface area contributed by atoms with Crippen molar-refractivity contribution in [1.82, 2.24) is 33.8 Å². The molecular weight excluding hydrogens is 565 g/mol. The van der Waals surface area contributed by atoms with Gasteiger partial charge in [-0.2, -0.15) is 18.3 Å². The van der Waals surface area contributed by atoms with E-state index in [4.69, 9.17) is 9.90 Å². The number of hydrogen-bond donors (Lipinski definition) is 2. The van der Waals surface area contributed by atoms with Crippen molar-refractivity contribution in [1.29, 1.82) is 0 Å². The molecule has 0 radical (unpaired) electrons. The molecule has 0 aliphatic carbocycles. The lowest BCUT2D eigenvalue weighted by Crippen LogP contribution is -2.34. The Morgan fingerprint density at radius 2 is 1.93 bits per heavy atom. The van der Waals surface area contributed by atoms with E-state index in [0.717, 1.165) is 31.9 Å². The maximum atomic E-state index is 13.0. The van der Waals surface area contributed by atoms with Crippen LogP contribution in [0.2, 0.25) is 0 Å². The van der Waals surface area contributed by atoms with Crippen molar-refractivity contribution < 1.29 is 31.5 Å². The number of hydrogen-bond acceptors (Lipinski definition) is 8. The van der Waals surface area contributed by atoms with E-state index in [1.807, 2.05) is 19.2 Å². The highest BCUT2D eigenvalue weighted by atomic mass is 32.2. The first-order valence-electron chi connectivity index (χ1n) is 12.4. The van der Waals surface area contributed by atoms with Crippen molar-refractivity contribution in [2.75, 3.05) is 25.0 Å². The zero-order valence-electron chi connectivity index (χ0n) is 22.2. The molecule has 0 bridgehead atoms. The van der Waals surface area contributed by atoms with Gasteiger partial charge in [0.25, 0.3) is 0 Å². The minimum absolute atomic E-state index is 0.0576. The van der Waals surface area contributed by atoms with Crippen LogP contribution in [0, 0.1) is 0 Å². The Balaban J connectivity index is 0.000000493. The molecule has 1 aliphatic heterocycles. The first kappa shape index (κ1) is 30.0. The topological polar surface area (TPSA) is 138 Å². The van der Waals surface area contributed by atoms with Gasteiger partial charge in [0, 0.05) is 45.1 Å². The summed E-state index contributed by atoms with van der Waals surface area (Å²) in [6, 6.07) is 12.7. The number of carboxylic acid groups (broad SMARTS) is 1. The molecule has 4 aromatic rings.